The lowest BCUT2D eigenvalue weighted by atomic mass is 9.84. The molecule has 3 rings (SSSR count). The number of nitrogens with zero attached hydrogens (tertiary/aromatic N) is 1. The van der Waals surface area contributed by atoms with Crippen LogP contribution in [0.1, 0.15) is 65.9 Å². The Balaban J connectivity index is 1.68. The highest BCUT2D eigenvalue weighted by Crippen LogP contribution is 2.34. The summed E-state index contributed by atoms with van der Waals surface area (Å²) in [5, 5.41) is 11.7. The van der Waals surface area contributed by atoms with Crippen LogP contribution in [0.2, 0.25) is 0 Å². The number of aliphatic hydroxyl groups excluding tert-OH is 1. The van der Waals surface area contributed by atoms with Gasteiger partial charge in [-0.3, -0.25) is 9.59 Å². The van der Waals surface area contributed by atoms with Crippen molar-refractivity contribution >= 4 is 17.4 Å². The van der Waals surface area contributed by atoms with Crippen LogP contribution in [0.3, 0.4) is 0 Å². The number of rotatable bonds is 7. The number of carbonyl (C=O) groups excluding carboxylic acids is 2. The lowest BCUT2D eigenvalue weighted by Crippen LogP contribution is -2.43. The van der Waals surface area contributed by atoms with E-state index in [1.807, 2.05) is 17.0 Å². The van der Waals surface area contributed by atoms with E-state index in [4.69, 9.17) is 10.8 Å². The van der Waals surface area contributed by atoms with Gasteiger partial charge in [0.25, 0.3) is 0 Å². The molecule has 0 radical (unpaired) electrons. The summed E-state index contributed by atoms with van der Waals surface area (Å²) in [4.78, 5) is 26.0. The number of hydrogen-bond acceptors (Lipinski definition) is 4. The first-order valence-corrected chi connectivity index (χ1v) is 10.3. The first-order chi connectivity index (χ1) is 13.6. The standard InChI is InChI=1S/C22H31N3O3/c23-22(28)19-7-6-18(14-20(19)17-4-2-1-3-5-17)16-8-11-25(12-9-16)21(27)15-24-10-13-26/h4,6-7,14,16,24,26H,1-3,5,8-13,15H2,(H2,23,28). The molecule has 152 valence electrons. The quantitative estimate of drug-likeness (QED) is 0.626. The van der Waals surface area contributed by atoms with E-state index < -0.39 is 0 Å². The van der Waals surface area contributed by atoms with Crippen molar-refractivity contribution in [3.63, 3.8) is 0 Å². The van der Waals surface area contributed by atoms with Gasteiger partial charge in [-0.25, -0.2) is 0 Å². The molecular formula is C22H31N3O3. The molecule has 1 aliphatic carbocycles. The van der Waals surface area contributed by atoms with Crippen LogP contribution in [-0.2, 0) is 4.79 Å². The Labute approximate surface area is 166 Å². The fourth-order valence-electron chi connectivity index (χ4n) is 4.23. The highest BCUT2D eigenvalue weighted by molar-refractivity contribution is 5.98. The first-order valence-electron chi connectivity index (χ1n) is 10.3. The van der Waals surface area contributed by atoms with E-state index in [-0.39, 0.29) is 25.0 Å². The Morgan fingerprint density at radius 2 is 2.00 bits per heavy atom. The fraction of sp³-hybridized carbons (Fsp3) is 0.545. The van der Waals surface area contributed by atoms with Gasteiger partial charge in [0.2, 0.25) is 11.8 Å². The van der Waals surface area contributed by atoms with Crippen molar-refractivity contribution < 1.29 is 14.7 Å². The number of carbonyl (C=O) groups is 2. The van der Waals surface area contributed by atoms with Gasteiger partial charge in [-0.2, -0.15) is 0 Å². The van der Waals surface area contributed by atoms with Crippen LogP contribution < -0.4 is 11.1 Å². The maximum Gasteiger partial charge on any atom is 0.249 e. The Morgan fingerprint density at radius 1 is 1.21 bits per heavy atom. The maximum atomic E-state index is 12.2. The van der Waals surface area contributed by atoms with Crippen molar-refractivity contribution in [2.45, 2.75) is 44.4 Å². The molecule has 2 aliphatic rings. The van der Waals surface area contributed by atoms with E-state index in [2.05, 4.69) is 17.5 Å². The molecule has 28 heavy (non-hydrogen) atoms. The van der Waals surface area contributed by atoms with Gasteiger partial charge in [-0.05, 0) is 67.2 Å². The van der Waals surface area contributed by atoms with E-state index in [0.717, 1.165) is 50.8 Å². The summed E-state index contributed by atoms with van der Waals surface area (Å²) < 4.78 is 0. The molecule has 4 N–H and O–H groups in total. The smallest absolute Gasteiger partial charge is 0.249 e. The topological polar surface area (TPSA) is 95.7 Å². The minimum Gasteiger partial charge on any atom is -0.395 e. The molecule has 1 heterocycles. The molecule has 1 aliphatic heterocycles. The van der Waals surface area contributed by atoms with Crippen LogP contribution in [0.4, 0.5) is 0 Å². The van der Waals surface area contributed by atoms with Crippen molar-refractivity contribution in [3.05, 3.63) is 41.0 Å². The minimum atomic E-state index is -0.371. The van der Waals surface area contributed by atoms with Gasteiger partial charge in [-0.1, -0.05) is 18.2 Å². The van der Waals surface area contributed by atoms with Crippen LogP contribution in [0.25, 0.3) is 5.57 Å². The summed E-state index contributed by atoms with van der Waals surface area (Å²) in [6.07, 6.45) is 8.49. The molecule has 6 heteroatoms. The Kier molecular flexibility index (Phi) is 7.23. The third-order valence-electron chi connectivity index (χ3n) is 5.83. The summed E-state index contributed by atoms with van der Waals surface area (Å²) >= 11 is 0. The lowest BCUT2D eigenvalue weighted by molar-refractivity contribution is -0.131. The van der Waals surface area contributed by atoms with Crippen molar-refractivity contribution in [1.82, 2.24) is 10.2 Å². The normalized spacial score (nSPS) is 18.0. The van der Waals surface area contributed by atoms with Gasteiger partial charge in [-0.15, -0.1) is 0 Å². The fourth-order valence-corrected chi connectivity index (χ4v) is 4.23. The maximum absolute atomic E-state index is 12.2. The van der Waals surface area contributed by atoms with Crippen LogP contribution in [0.15, 0.2) is 24.3 Å². The summed E-state index contributed by atoms with van der Waals surface area (Å²) in [6.45, 7) is 2.22. The molecule has 0 aromatic heterocycles. The van der Waals surface area contributed by atoms with Gasteiger partial charge in [0.1, 0.15) is 0 Å². The van der Waals surface area contributed by atoms with E-state index in [1.165, 1.54) is 17.6 Å². The monoisotopic (exact) mass is 385 g/mol. The molecule has 0 bridgehead atoms. The molecule has 0 spiro atoms. The van der Waals surface area contributed by atoms with Crippen LogP contribution in [-0.4, -0.2) is 54.6 Å². The second kappa shape index (κ2) is 9.85. The molecule has 1 fully saturated rings. The average molecular weight is 386 g/mol. The van der Waals surface area contributed by atoms with Crippen molar-refractivity contribution in [3.8, 4) is 0 Å². The Bertz CT molecular complexity index is 737. The number of amides is 2. The summed E-state index contributed by atoms with van der Waals surface area (Å²) in [5.41, 5.74) is 9.70. The third-order valence-corrected chi connectivity index (χ3v) is 5.83. The molecule has 0 atom stereocenters. The number of primary amides is 1. The molecule has 1 saturated heterocycles. The molecule has 2 amide bonds. The van der Waals surface area contributed by atoms with Gasteiger partial charge < -0.3 is 21.1 Å². The van der Waals surface area contributed by atoms with Crippen molar-refractivity contribution in [2.75, 3.05) is 32.8 Å². The van der Waals surface area contributed by atoms with E-state index in [0.29, 0.717) is 18.0 Å². The largest absolute Gasteiger partial charge is 0.395 e. The van der Waals surface area contributed by atoms with Gasteiger partial charge in [0, 0.05) is 25.2 Å². The van der Waals surface area contributed by atoms with E-state index in [1.54, 1.807) is 0 Å². The summed E-state index contributed by atoms with van der Waals surface area (Å²) in [5.74, 6) is 0.104. The highest BCUT2D eigenvalue weighted by atomic mass is 16.3. The number of piperidine rings is 1. The van der Waals surface area contributed by atoms with Crippen molar-refractivity contribution in [1.29, 1.82) is 0 Å². The number of likely N-dealkylation sites (tertiary alicyclic amines) is 1. The van der Waals surface area contributed by atoms with Gasteiger partial charge in [0.05, 0.1) is 13.2 Å². The van der Waals surface area contributed by atoms with Crippen molar-refractivity contribution in [2.24, 2.45) is 5.73 Å². The third kappa shape index (κ3) is 5.00. The first kappa shape index (κ1) is 20.6. The number of nitrogens with two attached hydrogens (primary N) is 1. The van der Waals surface area contributed by atoms with E-state index in [9.17, 15) is 9.59 Å². The summed E-state index contributed by atoms with van der Waals surface area (Å²) in [6, 6.07) is 6.05. The lowest BCUT2D eigenvalue weighted by Gasteiger charge is -2.32. The van der Waals surface area contributed by atoms with Crippen LogP contribution in [0, 0.1) is 0 Å². The Hall–Kier alpha value is -2.18. The van der Waals surface area contributed by atoms with Gasteiger partial charge >= 0.3 is 0 Å². The SMILES string of the molecule is NC(=O)c1ccc(C2CCN(C(=O)CNCCO)CC2)cc1C1=CCCCC1. The van der Waals surface area contributed by atoms with E-state index >= 15 is 0 Å². The molecular weight excluding hydrogens is 354 g/mol. The molecule has 0 unspecified atom stereocenters. The second-order valence-corrected chi connectivity index (χ2v) is 7.70. The molecule has 0 saturated carbocycles. The highest BCUT2D eigenvalue weighted by Gasteiger charge is 2.25. The number of allylic oxidation sites excluding steroid dienone is 2. The molecule has 1 aromatic rings. The molecule has 1 aromatic carbocycles. The zero-order valence-electron chi connectivity index (χ0n) is 16.5. The predicted octanol–water partition coefficient (Wildman–Crippen LogP) is 2.03. The van der Waals surface area contributed by atoms with Crippen LogP contribution in [0.5, 0.6) is 0 Å². The number of aliphatic hydroxyl groups is 1. The number of nitrogens with one attached hydrogen (secondary N) is 1. The predicted molar refractivity (Wildman–Crippen MR) is 110 cm³/mol. The molecule has 6 nitrogen and oxygen atoms in total. The van der Waals surface area contributed by atoms with Gasteiger partial charge in [0.15, 0.2) is 0 Å². The second-order valence-electron chi connectivity index (χ2n) is 7.70. The Morgan fingerprint density at radius 3 is 2.64 bits per heavy atom. The number of hydrogen-bond donors (Lipinski definition) is 3. The zero-order valence-corrected chi connectivity index (χ0v) is 16.5. The number of benzene rings is 1. The summed E-state index contributed by atoms with van der Waals surface area (Å²) in [7, 11) is 0. The minimum absolute atomic E-state index is 0.0371. The van der Waals surface area contributed by atoms with Crippen LogP contribution >= 0.6 is 0 Å². The zero-order chi connectivity index (χ0) is 19.9. The average Bonchev–Trinajstić information content (AvgIpc) is 2.74.